The molecule has 0 aliphatic heterocycles. The first-order chi connectivity index (χ1) is 14.3. The van der Waals surface area contributed by atoms with Crippen molar-refractivity contribution in [2.24, 2.45) is 10.2 Å². The molecule has 0 aliphatic rings. The quantitative estimate of drug-likeness (QED) is 0.485. The molecule has 4 aromatic rings. The van der Waals surface area contributed by atoms with Crippen molar-refractivity contribution >= 4 is 45.3 Å². The maximum absolute atomic E-state index is 12.1. The van der Waals surface area contributed by atoms with Gasteiger partial charge < -0.3 is 19.0 Å². The van der Waals surface area contributed by atoms with Gasteiger partial charge in [0.05, 0.1) is 22.1 Å². The molecule has 4 rings (SSSR count). The Morgan fingerprint density at radius 3 is 1.43 bits per heavy atom. The summed E-state index contributed by atoms with van der Waals surface area (Å²) in [5.74, 6) is -3.64. The van der Waals surface area contributed by atoms with E-state index < -0.39 is 34.3 Å². The zero-order valence-corrected chi connectivity index (χ0v) is 14.9. The van der Waals surface area contributed by atoms with Crippen LogP contribution < -0.4 is 10.9 Å². The second-order valence-corrected chi connectivity index (χ2v) is 6.12. The maximum atomic E-state index is 12.1. The fourth-order valence-corrected chi connectivity index (χ4v) is 2.74. The Morgan fingerprint density at radius 2 is 1.07 bits per heavy atom. The van der Waals surface area contributed by atoms with E-state index in [2.05, 4.69) is 10.2 Å². The van der Waals surface area contributed by atoms with E-state index in [9.17, 15) is 19.2 Å². The first kappa shape index (κ1) is 18.7. The highest BCUT2D eigenvalue weighted by Crippen LogP contribution is 2.24. The molecule has 0 spiro atoms. The Labute approximate surface area is 165 Å². The third kappa shape index (κ3) is 3.44. The summed E-state index contributed by atoms with van der Waals surface area (Å²) in [6, 6.07) is 10.3. The number of carbonyl (C=O) groups is 2. The van der Waals surface area contributed by atoms with Crippen LogP contribution in [0, 0.1) is 0 Å². The van der Waals surface area contributed by atoms with Crippen molar-refractivity contribution in [2.45, 2.75) is 0 Å². The highest BCUT2D eigenvalue weighted by atomic mass is 16.4. The third-order valence-corrected chi connectivity index (χ3v) is 4.12. The number of hydrogen-bond acceptors (Lipinski definition) is 8. The lowest BCUT2D eigenvalue weighted by Crippen LogP contribution is -2.06. The number of nitrogens with zero attached hydrogens (tertiary/aromatic N) is 2. The molecule has 148 valence electrons. The van der Waals surface area contributed by atoms with Crippen LogP contribution in [0.15, 0.2) is 77.2 Å². The van der Waals surface area contributed by atoms with Gasteiger partial charge >= 0.3 is 11.9 Å². The number of fused-ring (bicyclic) bond motifs is 2. The second-order valence-electron chi connectivity index (χ2n) is 6.12. The summed E-state index contributed by atoms with van der Waals surface area (Å²) in [5, 5.41) is 26.2. The summed E-state index contributed by atoms with van der Waals surface area (Å²) in [6.45, 7) is 0. The van der Waals surface area contributed by atoms with Gasteiger partial charge in [-0.3, -0.25) is 9.59 Å². The highest BCUT2D eigenvalue weighted by molar-refractivity contribution is 5.89. The number of azo groups is 1. The summed E-state index contributed by atoms with van der Waals surface area (Å²) < 4.78 is 10.3. The van der Waals surface area contributed by atoms with Gasteiger partial charge in [0.15, 0.2) is 10.9 Å². The van der Waals surface area contributed by atoms with Crippen molar-refractivity contribution < 1.29 is 28.6 Å². The number of carboxylic acids is 2. The maximum Gasteiger partial charge on any atom is 0.371 e. The van der Waals surface area contributed by atoms with Gasteiger partial charge in [0.25, 0.3) is 0 Å². The SMILES string of the molecule is O=C(O)c1cc(=O)c2cc(N=Nc3ccc4oc(C(=O)O)cc(=O)c4c3)ccc2o1. The molecule has 0 amide bonds. The second kappa shape index (κ2) is 7.09. The predicted molar refractivity (Wildman–Crippen MR) is 103 cm³/mol. The lowest BCUT2D eigenvalue weighted by atomic mass is 10.2. The fraction of sp³-hybridized carbons (Fsp3) is 0. The van der Waals surface area contributed by atoms with E-state index in [1.807, 2.05) is 0 Å². The molecule has 0 bridgehead atoms. The minimum Gasteiger partial charge on any atom is -0.475 e. The van der Waals surface area contributed by atoms with Gasteiger partial charge in [-0.25, -0.2) is 9.59 Å². The predicted octanol–water partition coefficient (Wildman–Crippen LogP) is 3.71. The Morgan fingerprint density at radius 1 is 0.667 bits per heavy atom. The zero-order valence-electron chi connectivity index (χ0n) is 14.9. The number of rotatable bonds is 4. The van der Waals surface area contributed by atoms with Crippen LogP contribution in [-0.4, -0.2) is 22.2 Å². The average molecular weight is 406 g/mol. The number of carboxylic acid groups (broad SMARTS) is 2. The molecule has 10 heteroatoms. The van der Waals surface area contributed by atoms with Crippen LogP contribution in [0.4, 0.5) is 11.4 Å². The molecular weight excluding hydrogens is 396 g/mol. The molecule has 0 unspecified atom stereocenters. The van der Waals surface area contributed by atoms with E-state index in [1.165, 1.54) is 36.4 Å². The van der Waals surface area contributed by atoms with Crippen LogP contribution in [0.5, 0.6) is 0 Å². The number of aromatic carboxylic acids is 2. The zero-order chi connectivity index (χ0) is 21.4. The number of hydrogen-bond donors (Lipinski definition) is 2. The van der Waals surface area contributed by atoms with Gasteiger partial charge in [-0.15, -0.1) is 0 Å². The minimum atomic E-state index is -1.35. The lowest BCUT2D eigenvalue weighted by molar-refractivity contribution is 0.0653. The first-order valence-corrected chi connectivity index (χ1v) is 8.36. The summed E-state index contributed by atoms with van der Waals surface area (Å²) in [6.07, 6.45) is 0. The van der Waals surface area contributed by atoms with Crippen molar-refractivity contribution in [1.29, 1.82) is 0 Å². The van der Waals surface area contributed by atoms with Crippen LogP contribution in [0.25, 0.3) is 21.9 Å². The Kier molecular flexibility index (Phi) is 4.43. The van der Waals surface area contributed by atoms with Gasteiger partial charge in [0.1, 0.15) is 11.2 Å². The largest absolute Gasteiger partial charge is 0.475 e. The Balaban J connectivity index is 1.71. The molecule has 0 saturated heterocycles. The van der Waals surface area contributed by atoms with E-state index in [0.29, 0.717) is 11.4 Å². The van der Waals surface area contributed by atoms with Crippen LogP contribution >= 0.6 is 0 Å². The van der Waals surface area contributed by atoms with E-state index in [-0.39, 0.29) is 21.9 Å². The standard InChI is InChI=1S/C20H10N2O8/c23-13-7-17(19(25)26)29-15-3-1-9(5-11(13)15)21-22-10-2-4-16-12(6-10)14(24)8-18(30-16)20(27)28/h1-8H,(H,25,26)(H,27,28). The molecule has 2 aromatic carbocycles. The van der Waals surface area contributed by atoms with Crippen LogP contribution in [0.3, 0.4) is 0 Å². The van der Waals surface area contributed by atoms with E-state index >= 15 is 0 Å². The van der Waals surface area contributed by atoms with Crippen LogP contribution in [0.1, 0.15) is 21.1 Å². The summed E-state index contributed by atoms with van der Waals surface area (Å²) >= 11 is 0. The minimum absolute atomic E-state index is 0.0939. The average Bonchev–Trinajstić information content (AvgIpc) is 2.72. The summed E-state index contributed by atoms with van der Waals surface area (Å²) in [4.78, 5) is 46.2. The van der Waals surface area contributed by atoms with Gasteiger partial charge in [0.2, 0.25) is 11.5 Å². The van der Waals surface area contributed by atoms with Gasteiger partial charge in [-0.2, -0.15) is 10.2 Å². The molecule has 0 saturated carbocycles. The van der Waals surface area contributed by atoms with Crippen LogP contribution in [0.2, 0.25) is 0 Å². The van der Waals surface area contributed by atoms with Crippen molar-refractivity contribution in [3.05, 3.63) is 80.5 Å². The van der Waals surface area contributed by atoms with Gasteiger partial charge in [-0.1, -0.05) is 0 Å². The monoisotopic (exact) mass is 406 g/mol. The lowest BCUT2D eigenvalue weighted by Gasteiger charge is -2.01. The van der Waals surface area contributed by atoms with E-state index in [0.717, 1.165) is 12.1 Å². The van der Waals surface area contributed by atoms with E-state index in [4.69, 9.17) is 19.0 Å². The third-order valence-electron chi connectivity index (χ3n) is 4.12. The molecule has 0 radical (unpaired) electrons. The fourth-order valence-electron chi connectivity index (χ4n) is 2.74. The molecular formula is C20H10N2O8. The molecule has 2 aromatic heterocycles. The molecule has 2 N–H and O–H groups in total. The number of benzene rings is 2. The van der Waals surface area contributed by atoms with Crippen LogP contribution in [-0.2, 0) is 0 Å². The van der Waals surface area contributed by atoms with Crippen molar-refractivity contribution in [3.8, 4) is 0 Å². The molecule has 30 heavy (non-hydrogen) atoms. The Hall–Kier alpha value is -4.60. The molecule has 0 aliphatic carbocycles. The molecule has 2 heterocycles. The smallest absolute Gasteiger partial charge is 0.371 e. The molecule has 10 nitrogen and oxygen atoms in total. The highest BCUT2D eigenvalue weighted by Gasteiger charge is 2.12. The van der Waals surface area contributed by atoms with E-state index in [1.54, 1.807) is 0 Å². The first-order valence-electron chi connectivity index (χ1n) is 8.36. The summed E-state index contributed by atoms with van der Waals surface area (Å²) in [5.41, 5.74) is -0.295. The molecule has 0 fully saturated rings. The van der Waals surface area contributed by atoms with Gasteiger partial charge in [0, 0.05) is 12.1 Å². The van der Waals surface area contributed by atoms with Crippen molar-refractivity contribution in [1.82, 2.24) is 0 Å². The Bertz CT molecular complexity index is 1380. The normalized spacial score (nSPS) is 11.3. The van der Waals surface area contributed by atoms with Gasteiger partial charge in [-0.05, 0) is 36.4 Å². The molecule has 0 atom stereocenters. The van der Waals surface area contributed by atoms with Crippen molar-refractivity contribution in [2.75, 3.05) is 0 Å². The topological polar surface area (TPSA) is 160 Å². The summed E-state index contributed by atoms with van der Waals surface area (Å²) in [7, 11) is 0. The van der Waals surface area contributed by atoms with Crippen molar-refractivity contribution in [3.63, 3.8) is 0 Å².